The summed E-state index contributed by atoms with van der Waals surface area (Å²) in [6.07, 6.45) is 0. The van der Waals surface area contributed by atoms with Crippen molar-refractivity contribution in [3.8, 4) is 44.5 Å². The van der Waals surface area contributed by atoms with E-state index in [4.69, 9.17) is 0 Å². The smallest absolute Gasteiger partial charge is 0.0713 e. The van der Waals surface area contributed by atoms with Gasteiger partial charge < -0.3 is 14.7 Å². The minimum atomic E-state index is -0.409. The summed E-state index contributed by atoms with van der Waals surface area (Å²) in [5.74, 6) is 0. The Balaban J connectivity index is 0.000000112. The molecule has 0 spiro atoms. The molecule has 4 aliphatic carbocycles. The molecular weight excluding hydrogens is 1580 g/mol. The Labute approximate surface area is 767 Å². The normalized spacial score (nSPS) is 13.5. The lowest BCUT2D eigenvalue weighted by molar-refractivity contribution is 0.660. The van der Waals surface area contributed by atoms with Crippen molar-refractivity contribution in [3.63, 3.8) is 0 Å². The molecule has 0 N–H and O–H groups in total. The van der Waals surface area contributed by atoms with Crippen LogP contribution in [0.4, 0.5) is 51.2 Å². The summed E-state index contributed by atoms with van der Waals surface area (Å²) < 4.78 is 0. The van der Waals surface area contributed by atoms with Crippen molar-refractivity contribution in [2.45, 2.75) is 35.5 Å². The molecule has 0 bridgehead atoms. The molecule has 620 valence electrons. The van der Waals surface area contributed by atoms with Crippen molar-refractivity contribution >= 4 is 72.7 Å². The summed E-state index contributed by atoms with van der Waals surface area (Å²) in [5.41, 5.74) is 37.9. The van der Waals surface area contributed by atoms with Crippen molar-refractivity contribution in [1.29, 1.82) is 0 Å². The van der Waals surface area contributed by atoms with E-state index in [1.807, 2.05) is 0 Å². The second-order valence-electron chi connectivity index (χ2n) is 35.2. The second kappa shape index (κ2) is 33.1. The van der Waals surface area contributed by atoms with Gasteiger partial charge in [-0.1, -0.05) is 438 Å². The summed E-state index contributed by atoms with van der Waals surface area (Å²) in [6, 6.07) is 193. The molecule has 0 saturated heterocycles. The van der Waals surface area contributed by atoms with E-state index in [1.165, 1.54) is 150 Å². The highest BCUT2D eigenvalue weighted by atomic mass is 15.2. The highest BCUT2D eigenvalue weighted by Gasteiger charge is 2.49. The highest BCUT2D eigenvalue weighted by molar-refractivity contribution is 6.00. The fourth-order valence-corrected chi connectivity index (χ4v) is 22.3. The van der Waals surface area contributed by atoms with Crippen molar-refractivity contribution in [3.05, 3.63) is 606 Å². The van der Waals surface area contributed by atoms with Crippen LogP contribution in [-0.2, 0) is 21.7 Å². The van der Waals surface area contributed by atoms with Gasteiger partial charge in [-0.25, -0.2) is 0 Å². The van der Waals surface area contributed by atoms with Gasteiger partial charge in [-0.3, -0.25) is 0 Å². The third kappa shape index (κ3) is 13.1. The van der Waals surface area contributed by atoms with E-state index >= 15 is 0 Å². The Kier molecular flexibility index (Phi) is 20.0. The van der Waals surface area contributed by atoms with Crippen molar-refractivity contribution < 1.29 is 0 Å². The Morgan fingerprint density at radius 3 is 0.771 bits per heavy atom. The average Bonchev–Trinajstić information content (AvgIpc) is 1.56. The first-order valence-electron chi connectivity index (χ1n) is 45.6. The lowest BCUT2D eigenvalue weighted by atomic mass is 9.68. The predicted molar refractivity (Wildman–Crippen MR) is 548 cm³/mol. The topological polar surface area (TPSA) is 9.72 Å². The van der Waals surface area contributed by atoms with E-state index in [-0.39, 0.29) is 5.41 Å². The van der Waals surface area contributed by atoms with Gasteiger partial charge in [0, 0.05) is 56.3 Å². The lowest BCUT2D eigenvalue weighted by Gasteiger charge is -2.34. The summed E-state index contributed by atoms with van der Waals surface area (Å²) in [4.78, 5) is 7.12. The number of hydrogen-bond donors (Lipinski definition) is 0. The third-order valence-corrected chi connectivity index (χ3v) is 28.0. The zero-order chi connectivity index (χ0) is 87.5. The molecule has 0 amide bonds. The van der Waals surface area contributed by atoms with Crippen molar-refractivity contribution in [2.75, 3.05) is 14.7 Å². The van der Waals surface area contributed by atoms with E-state index in [0.29, 0.717) is 0 Å². The number of fused-ring (bicyclic) bond motifs is 14. The Bertz CT molecular complexity index is 7640. The van der Waals surface area contributed by atoms with Crippen LogP contribution in [-0.4, -0.2) is 0 Å². The van der Waals surface area contributed by atoms with Crippen LogP contribution in [0.25, 0.3) is 66.1 Å². The molecule has 21 aromatic rings. The zero-order valence-electron chi connectivity index (χ0n) is 73.1. The zero-order valence-corrected chi connectivity index (χ0v) is 73.1. The molecule has 25 rings (SSSR count). The molecule has 3 heteroatoms. The first kappa shape index (κ1) is 79.2. The maximum Gasteiger partial charge on any atom is 0.0713 e. The molecule has 3 nitrogen and oxygen atoms in total. The van der Waals surface area contributed by atoms with Gasteiger partial charge in [0.05, 0.1) is 21.9 Å². The minimum absolute atomic E-state index is 0.0700. The number of para-hydroxylation sites is 3. The molecule has 0 atom stereocenters. The van der Waals surface area contributed by atoms with Crippen LogP contribution in [0.15, 0.2) is 528 Å². The quantitative estimate of drug-likeness (QED) is 0.101. The SMILES string of the molecule is CC1(C)c2ccccc2-c2ccc(N(c3ccccc3)c3ccc(C4(c5ccccc5)c5ccccc5-c5ccccc54)cc3)cc21.c1ccc(N(c2ccc(C3(c4ccccc4)c4ccccc4-c4ccccc43)cc2)c2ccc3ccccc3c2)cc1.c1ccc(N(c2ccc(C3(c4ccccc4)c4ccccc4-c4ccccc43)cc2)c2cccc3ccccc23)cc1. The minimum Gasteiger partial charge on any atom is -0.310 e. The summed E-state index contributed by atoms with van der Waals surface area (Å²) in [7, 11) is 0. The van der Waals surface area contributed by atoms with Crippen LogP contribution in [0, 0.1) is 0 Å². The van der Waals surface area contributed by atoms with Crippen LogP contribution in [0.3, 0.4) is 0 Å². The lowest BCUT2D eigenvalue weighted by Crippen LogP contribution is -2.28. The first-order chi connectivity index (χ1) is 64.8. The standard InChI is InChI=1S/C46H35N.2C41H29N/c1-45(2)41-22-12-9-19-37(41)40-30-29-36(31-44(40)45)47(34-17-7-4-8-18-34)35-27-25-33(26-28-35)46(32-15-5-3-6-16-32)42-23-13-10-20-38(42)39-21-11-14-24-43(39)46;1-3-16-31(17-4-1)41(38-23-11-9-21-36(38)37-22-10-12-24-39(37)41)32-26-28-34(29-27-32)42(33-18-5-2-6-19-33)40-25-13-15-30-14-7-8-20-35(30)40;1-3-15-32(16-4-1)41(39-21-11-9-19-37(39)38-20-10-12-22-40(38)41)33-24-27-35(28-25-33)42(34-17-5-2-6-18-34)36-26-23-30-13-7-8-14-31(30)29-36/h3-31H,1-2H3;2*1-29H. The predicted octanol–water partition coefficient (Wildman–Crippen LogP) is 33.2. The van der Waals surface area contributed by atoms with Crippen LogP contribution in [0.1, 0.15) is 91.7 Å². The van der Waals surface area contributed by atoms with E-state index in [2.05, 4.69) is 556 Å². The molecule has 131 heavy (non-hydrogen) atoms. The number of benzene rings is 21. The molecular formula is C128H93N3. The van der Waals surface area contributed by atoms with Gasteiger partial charge in [0.25, 0.3) is 0 Å². The van der Waals surface area contributed by atoms with Crippen molar-refractivity contribution in [2.24, 2.45) is 0 Å². The van der Waals surface area contributed by atoms with Gasteiger partial charge in [-0.15, -0.1) is 0 Å². The molecule has 0 heterocycles. The van der Waals surface area contributed by atoms with Gasteiger partial charge in [0.15, 0.2) is 0 Å². The Hall–Kier alpha value is -16.5. The van der Waals surface area contributed by atoms with Crippen molar-refractivity contribution in [1.82, 2.24) is 0 Å². The van der Waals surface area contributed by atoms with Gasteiger partial charge >= 0.3 is 0 Å². The molecule has 4 aliphatic rings. The Morgan fingerprint density at radius 1 is 0.145 bits per heavy atom. The number of rotatable bonds is 15. The molecule has 0 aliphatic heterocycles. The largest absolute Gasteiger partial charge is 0.310 e. The fraction of sp³-hybridized carbons (Fsp3) is 0.0469. The second-order valence-corrected chi connectivity index (χ2v) is 35.2. The molecule has 0 radical (unpaired) electrons. The summed E-state index contributed by atoms with van der Waals surface area (Å²) >= 11 is 0. The van der Waals surface area contributed by atoms with E-state index in [1.54, 1.807) is 0 Å². The monoisotopic (exact) mass is 1670 g/mol. The number of anilines is 9. The fourth-order valence-electron chi connectivity index (χ4n) is 22.3. The van der Waals surface area contributed by atoms with Crippen LogP contribution >= 0.6 is 0 Å². The highest BCUT2D eigenvalue weighted by Crippen LogP contribution is 2.61. The molecule has 0 unspecified atom stereocenters. The van der Waals surface area contributed by atoms with E-state index < -0.39 is 16.2 Å². The average molecular weight is 1670 g/mol. The maximum atomic E-state index is 2.41. The van der Waals surface area contributed by atoms with E-state index in [0.717, 1.165) is 45.5 Å². The summed E-state index contributed by atoms with van der Waals surface area (Å²) in [5, 5.41) is 4.94. The Morgan fingerprint density at radius 2 is 0.389 bits per heavy atom. The van der Waals surface area contributed by atoms with Gasteiger partial charge in [-0.05, 0) is 242 Å². The molecule has 0 fully saturated rings. The van der Waals surface area contributed by atoms with Crippen LogP contribution < -0.4 is 14.7 Å². The van der Waals surface area contributed by atoms with Crippen LogP contribution in [0.2, 0.25) is 0 Å². The van der Waals surface area contributed by atoms with E-state index in [9.17, 15) is 0 Å². The molecule has 0 saturated carbocycles. The number of nitrogens with zero attached hydrogens (tertiary/aromatic N) is 3. The first-order valence-corrected chi connectivity index (χ1v) is 45.6. The van der Waals surface area contributed by atoms with Gasteiger partial charge in [0.1, 0.15) is 0 Å². The van der Waals surface area contributed by atoms with Gasteiger partial charge in [-0.2, -0.15) is 0 Å². The molecule has 0 aromatic heterocycles. The maximum absolute atomic E-state index is 2.41. The third-order valence-electron chi connectivity index (χ3n) is 28.0. The van der Waals surface area contributed by atoms with Gasteiger partial charge in [0.2, 0.25) is 0 Å². The number of hydrogen-bond acceptors (Lipinski definition) is 3. The summed E-state index contributed by atoms with van der Waals surface area (Å²) in [6.45, 7) is 4.70. The molecule has 21 aromatic carbocycles. The van der Waals surface area contributed by atoms with Crippen LogP contribution in [0.5, 0.6) is 0 Å².